The van der Waals surface area contributed by atoms with Crippen LogP contribution in [0, 0.1) is 5.82 Å². The zero-order chi connectivity index (χ0) is 13.9. The quantitative estimate of drug-likeness (QED) is 0.684. The summed E-state index contributed by atoms with van der Waals surface area (Å²) in [6, 6.07) is 12.1. The SMILES string of the molecule is OCc1cccc(CNc2nc3ccc(F)cc3[nH]2)c1. The van der Waals surface area contributed by atoms with Gasteiger partial charge in [0.25, 0.3) is 0 Å². The second-order valence-electron chi connectivity index (χ2n) is 4.58. The van der Waals surface area contributed by atoms with Crippen LogP contribution in [0.25, 0.3) is 11.0 Å². The number of aromatic amines is 1. The highest BCUT2D eigenvalue weighted by Gasteiger charge is 2.03. The Kier molecular flexibility index (Phi) is 3.35. The van der Waals surface area contributed by atoms with Gasteiger partial charge < -0.3 is 15.4 Å². The number of aliphatic hydroxyl groups excluding tert-OH is 1. The molecule has 0 unspecified atom stereocenters. The fraction of sp³-hybridized carbons (Fsp3) is 0.133. The van der Waals surface area contributed by atoms with Crippen LogP contribution in [0.15, 0.2) is 42.5 Å². The van der Waals surface area contributed by atoms with Gasteiger partial charge >= 0.3 is 0 Å². The zero-order valence-electron chi connectivity index (χ0n) is 10.7. The monoisotopic (exact) mass is 271 g/mol. The molecule has 1 aromatic heterocycles. The van der Waals surface area contributed by atoms with Gasteiger partial charge in [-0.1, -0.05) is 24.3 Å². The number of benzene rings is 2. The lowest BCUT2D eigenvalue weighted by Crippen LogP contribution is -2.01. The average molecular weight is 271 g/mol. The molecule has 0 aliphatic heterocycles. The fourth-order valence-electron chi connectivity index (χ4n) is 2.09. The molecule has 0 atom stereocenters. The maximum Gasteiger partial charge on any atom is 0.201 e. The smallest absolute Gasteiger partial charge is 0.201 e. The Balaban J connectivity index is 1.76. The van der Waals surface area contributed by atoms with E-state index in [0.29, 0.717) is 18.0 Å². The minimum absolute atomic E-state index is 0.0256. The van der Waals surface area contributed by atoms with Crippen molar-refractivity contribution >= 4 is 17.0 Å². The Hall–Kier alpha value is -2.40. The van der Waals surface area contributed by atoms with E-state index in [0.717, 1.165) is 16.6 Å². The summed E-state index contributed by atoms with van der Waals surface area (Å²) in [6.45, 7) is 0.605. The van der Waals surface area contributed by atoms with Crippen molar-refractivity contribution < 1.29 is 9.50 Å². The molecule has 20 heavy (non-hydrogen) atoms. The van der Waals surface area contributed by atoms with Crippen LogP contribution in [-0.2, 0) is 13.2 Å². The molecule has 2 aromatic carbocycles. The average Bonchev–Trinajstić information content (AvgIpc) is 2.87. The number of fused-ring (bicyclic) bond motifs is 1. The van der Waals surface area contributed by atoms with Crippen LogP contribution in [0.3, 0.4) is 0 Å². The van der Waals surface area contributed by atoms with E-state index in [1.807, 2.05) is 24.3 Å². The third kappa shape index (κ3) is 2.62. The van der Waals surface area contributed by atoms with Crippen molar-refractivity contribution in [2.45, 2.75) is 13.2 Å². The molecular weight excluding hydrogens is 257 g/mol. The van der Waals surface area contributed by atoms with Gasteiger partial charge in [-0.25, -0.2) is 9.37 Å². The van der Waals surface area contributed by atoms with Crippen molar-refractivity contribution in [3.63, 3.8) is 0 Å². The summed E-state index contributed by atoms with van der Waals surface area (Å²) < 4.78 is 13.1. The molecule has 5 heteroatoms. The van der Waals surface area contributed by atoms with E-state index >= 15 is 0 Å². The van der Waals surface area contributed by atoms with Crippen molar-refractivity contribution in [1.82, 2.24) is 9.97 Å². The predicted octanol–water partition coefficient (Wildman–Crippen LogP) is 2.81. The van der Waals surface area contributed by atoms with Crippen molar-refractivity contribution in [3.8, 4) is 0 Å². The first-order valence-electron chi connectivity index (χ1n) is 6.32. The maximum atomic E-state index is 13.1. The molecule has 3 aromatic rings. The Morgan fingerprint density at radius 2 is 2.00 bits per heavy atom. The summed E-state index contributed by atoms with van der Waals surface area (Å²) >= 11 is 0. The van der Waals surface area contributed by atoms with Crippen LogP contribution >= 0.6 is 0 Å². The number of aromatic nitrogens is 2. The lowest BCUT2D eigenvalue weighted by molar-refractivity contribution is 0.281. The molecule has 0 aliphatic rings. The van der Waals surface area contributed by atoms with Crippen LogP contribution in [0.4, 0.5) is 10.3 Å². The number of anilines is 1. The number of nitrogens with zero attached hydrogens (tertiary/aromatic N) is 1. The second kappa shape index (κ2) is 5.30. The Morgan fingerprint density at radius 3 is 2.85 bits per heavy atom. The summed E-state index contributed by atoms with van der Waals surface area (Å²) in [4.78, 5) is 7.35. The number of nitrogens with one attached hydrogen (secondary N) is 2. The molecule has 4 nitrogen and oxygen atoms in total. The molecule has 0 aliphatic carbocycles. The van der Waals surface area contributed by atoms with E-state index in [-0.39, 0.29) is 12.4 Å². The van der Waals surface area contributed by atoms with Gasteiger partial charge in [-0.05, 0) is 29.3 Å². The van der Waals surface area contributed by atoms with Gasteiger partial charge in [0.15, 0.2) is 0 Å². The third-order valence-electron chi connectivity index (χ3n) is 3.08. The molecule has 0 radical (unpaired) electrons. The van der Waals surface area contributed by atoms with Gasteiger partial charge in [-0.15, -0.1) is 0 Å². The highest BCUT2D eigenvalue weighted by molar-refractivity contribution is 5.77. The van der Waals surface area contributed by atoms with E-state index in [2.05, 4.69) is 15.3 Å². The Morgan fingerprint density at radius 1 is 1.15 bits per heavy atom. The number of rotatable bonds is 4. The van der Waals surface area contributed by atoms with Gasteiger partial charge in [-0.3, -0.25) is 0 Å². The summed E-state index contributed by atoms with van der Waals surface area (Å²) in [6.07, 6.45) is 0. The topological polar surface area (TPSA) is 60.9 Å². The van der Waals surface area contributed by atoms with Crippen LogP contribution in [0.5, 0.6) is 0 Å². The van der Waals surface area contributed by atoms with Crippen LogP contribution in [-0.4, -0.2) is 15.1 Å². The minimum atomic E-state index is -0.289. The van der Waals surface area contributed by atoms with Gasteiger partial charge in [0.1, 0.15) is 5.82 Å². The van der Waals surface area contributed by atoms with E-state index in [9.17, 15) is 4.39 Å². The number of hydrogen-bond donors (Lipinski definition) is 3. The summed E-state index contributed by atoms with van der Waals surface area (Å²) in [5.41, 5.74) is 3.30. The number of imidazole rings is 1. The molecule has 0 saturated heterocycles. The lowest BCUT2D eigenvalue weighted by atomic mass is 10.1. The molecule has 0 amide bonds. The van der Waals surface area contributed by atoms with Gasteiger partial charge in [0.05, 0.1) is 17.6 Å². The normalized spacial score (nSPS) is 10.9. The van der Waals surface area contributed by atoms with Gasteiger partial charge in [0.2, 0.25) is 5.95 Å². The first-order valence-corrected chi connectivity index (χ1v) is 6.32. The Bertz CT molecular complexity index is 739. The zero-order valence-corrected chi connectivity index (χ0v) is 10.7. The molecule has 102 valence electrons. The number of aliphatic hydroxyl groups is 1. The molecule has 0 fully saturated rings. The first-order chi connectivity index (χ1) is 9.74. The maximum absolute atomic E-state index is 13.1. The van der Waals surface area contributed by atoms with Crippen LogP contribution < -0.4 is 5.32 Å². The molecule has 0 spiro atoms. The third-order valence-corrected chi connectivity index (χ3v) is 3.08. The highest BCUT2D eigenvalue weighted by Crippen LogP contribution is 2.16. The van der Waals surface area contributed by atoms with Gasteiger partial charge in [-0.2, -0.15) is 0 Å². The second-order valence-corrected chi connectivity index (χ2v) is 4.58. The van der Waals surface area contributed by atoms with Crippen LogP contribution in [0.2, 0.25) is 0 Å². The lowest BCUT2D eigenvalue weighted by Gasteiger charge is -2.04. The summed E-state index contributed by atoms with van der Waals surface area (Å²) in [5.74, 6) is 0.309. The van der Waals surface area contributed by atoms with Crippen molar-refractivity contribution in [3.05, 3.63) is 59.4 Å². The number of hydrogen-bond acceptors (Lipinski definition) is 3. The largest absolute Gasteiger partial charge is 0.392 e. The highest BCUT2D eigenvalue weighted by atomic mass is 19.1. The summed E-state index contributed by atoms with van der Waals surface area (Å²) in [7, 11) is 0. The molecular formula is C15H14FN3O. The van der Waals surface area contributed by atoms with E-state index < -0.39 is 0 Å². The molecule has 0 bridgehead atoms. The van der Waals surface area contributed by atoms with Crippen LogP contribution in [0.1, 0.15) is 11.1 Å². The fourth-order valence-corrected chi connectivity index (χ4v) is 2.09. The molecule has 1 heterocycles. The van der Waals surface area contributed by atoms with E-state index in [1.165, 1.54) is 12.1 Å². The van der Waals surface area contributed by atoms with E-state index in [1.54, 1.807) is 6.07 Å². The first kappa shape index (κ1) is 12.6. The van der Waals surface area contributed by atoms with Crippen molar-refractivity contribution in [2.24, 2.45) is 0 Å². The van der Waals surface area contributed by atoms with Gasteiger partial charge in [0, 0.05) is 6.54 Å². The Labute approximate surface area is 115 Å². The minimum Gasteiger partial charge on any atom is -0.392 e. The molecule has 3 N–H and O–H groups in total. The molecule has 0 saturated carbocycles. The number of H-pyrrole nitrogens is 1. The molecule has 3 rings (SSSR count). The predicted molar refractivity (Wildman–Crippen MR) is 75.7 cm³/mol. The van der Waals surface area contributed by atoms with Crippen molar-refractivity contribution in [2.75, 3.05) is 5.32 Å². The number of halogens is 1. The standard InChI is InChI=1S/C15H14FN3O/c16-12-4-5-13-14(7-12)19-15(18-13)17-8-10-2-1-3-11(6-10)9-20/h1-7,20H,8-9H2,(H2,17,18,19). The van der Waals surface area contributed by atoms with Crippen molar-refractivity contribution in [1.29, 1.82) is 0 Å². The van der Waals surface area contributed by atoms with E-state index in [4.69, 9.17) is 5.11 Å². The summed E-state index contributed by atoms with van der Waals surface area (Å²) in [5, 5.41) is 12.2.